The minimum absolute atomic E-state index is 0.244. The zero-order chi connectivity index (χ0) is 16.9. The number of hydrogen-bond acceptors (Lipinski definition) is 6. The van der Waals surface area contributed by atoms with Crippen molar-refractivity contribution in [2.45, 2.75) is 32.5 Å². The molecule has 0 unspecified atom stereocenters. The van der Waals surface area contributed by atoms with Gasteiger partial charge in [0.15, 0.2) is 0 Å². The third kappa shape index (κ3) is 6.63. The van der Waals surface area contributed by atoms with Crippen molar-refractivity contribution in [2.24, 2.45) is 0 Å². The molecule has 7 nitrogen and oxygen atoms in total. The fourth-order valence-electron chi connectivity index (χ4n) is 2.88. The molecule has 0 aromatic heterocycles. The highest BCUT2D eigenvalue weighted by Crippen LogP contribution is 2.12. The molecule has 23 heavy (non-hydrogen) atoms. The van der Waals surface area contributed by atoms with Gasteiger partial charge in [0.2, 0.25) is 0 Å². The molecule has 2 rings (SSSR count). The fourth-order valence-corrected chi connectivity index (χ4v) is 2.88. The third-order valence-electron chi connectivity index (χ3n) is 4.07. The number of nitrogens with zero attached hydrogens (tertiary/aromatic N) is 3. The van der Waals surface area contributed by atoms with Crippen molar-refractivity contribution in [3.05, 3.63) is 0 Å². The van der Waals surface area contributed by atoms with Gasteiger partial charge in [-0.05, 0) is 20.8 Å². The quantitative estimate of drug-likeness (QED) is 0.797. The molecule has 7 heteroatoms. The number of amides is 1. The van der Waals surface area contributed by atoms with Crippen LogP contribution in [0.1, 0.15) is 20.8 Å². The third-order valence-corrected chi connectivity index (χ3v) is 4.07. The molecule has 2 fully saturated rings. The van der Waals surface area contributed by atoms with E-state index in [0.717, 1.165) is 39.4 Å². The molecular formula is C16H31N3O4. The fraction of sp³-hybridized carbons (Fsp3) is 0.938. The molecule has 1 atom stereocenters. The molecule has 134 valence electrons. The second kappa shape index (κ2) is 8.28. The molecule has 0 aromatic rings. The summed E-state index contributed by atoms with van der Waals surface area (Å²) in [5, 5.41) is 10.3. The van der Waals surface area contributed by atoms with Gasteiger partial charge < -0.3 is 19.5 Å². The first-order valence-corrected chi connectivity index (χ1v) is 8.52. The van der Waals surface area contributed by atoms with Gasteiger partial charge in [-0.25, -0.2) is 4.79 Å². The van der Waals surface area contributed by atoms with Crippen LogP contribution in [0.4, 0.5) is 4.79 Å². The van der Waals surface area contributed by atoms with Crippen LogP contribution in [0.25, 0.3) is 0 Å². The minimum Gasteiger partial charge on any atom is -0.444 e. The van der Waals surface area contributed by atoms with Gasteiger partial charge in [-0.15, -0.1) is 0 Å². The zero-order valence-corrected chi connectivity index (χ0v) is 14.7. The maximum atomic E-state index is 12.0. The van der Waals surface area contributed by atoms with Crippen LogP contribution in [0.2, 0.25) is 0 Å². The number of hydrogen-bond donors (Lipinski definition) is 1. The highest BCUT2D eigenvalue weighted by atomic mass is 16.6. The first kappa shape index (κ1) is 18.4. The SMILES string of the molecule is CC(C)(C)OC(=O)N1CCN(C[C@@H](O)CN2CCOCC2)CC1. The number of β-amino-alcohol motifs (C(OH)–C–C–N with tert-alkyl or cyclic N) is 1. The standard InChI is InChI=1S/C16H31N3O4/c1-16(2,3)23-15(21)19-6-4-17(5-7-19)12-14(20)13-18-8-10-22-11-9-18/h14,20H,4-13H2,1-3H3/t14-/m1/s1. The van der Waals surface area contributed by atoms with Gasteiger partial charge in [-0.1, -0.05) is 0 Å². The average molecular weight is 329 g/mol. The summed E-state index contributed by atoms with van der Waals surface area (Å²) in [4.78, 5) is 18.2. The molecule has 0 spiro atoms. The Morgan fingerprint density at radius 1 is 1.04 bits per heavy atom. The topological polar surface area (TPSA) is 65.5 Å². The van der Waals surface area contributed by atoms with Gasteiger partial charge in [0, 0.05) is 52.4 Å². The number of carbonyl (C=O) groups is 1. The van der Waals surface area contributed by atoms with Crippen LogP contribution in [-0.4, -0.2) is 103 Å². The molecule has 1 amide bonds. The summed E-state index contributed by atoms with van der Waals surface area (Å²) in [7, 11) is 0. The lowest BCUT2D eigenvalue weighted by atomic mass is 10.2. The van der Waals surface area contributed by atoms with E-state index in [1.54, 1.807) is 4.90 Å². The van der Waals surface area contributed by atoms with Gasteiger partial charge in [-0.3, -0.25) is 9.80 Å². The lowest BCUT2D eigenvalue weighted by Gasteiger charge is -2.37. The molecule has 0 bridgehead atoms. The van der Waals surface area contributed by atoms with E-state index in [1.807, 2.05) is 20.8 Å². The number of aliphatic hydroxyl groups excluding tert-OH is 1. The Morgan fingerprint density at radius 2 is 1.57 bits per heavy atom. The Labute approximate surface area is 139 Å². The van der Waals surface area contributed by atoms with E-state index in [4.69, 9.17) is 9.47 Å². The van der Waals surface area contributed by atoms with Crippen molar-refractivity contribution in [2.75, 3.05) is 65.6 Å². The van der Waals surface area contributed by atoms with E-state index < -0.39 is 5.60 Å². The largest absolute Gasteiger partial charge is 0.444 e. The average Bonchev–Trinajstić information content (AvgIpc) is 2.47. The Kier molecular flexibility index (Phi) is 6.64. The predicted molar refractivity (Wildman–Crippen MR) is 87.5 cm³/mol. The molecule has 1 N–H and O–H groups in total. The van der Waals surface area contributed by atoms with Crippen molar-refractivity contribution < 1.29 is 19.4 Å². The minimum atomic E-state index is -0.456. The van der Waals surface area contributed by atoms with Gasteiger partial charge >= 0.3 is 6.09 Å². The van der Waals surface area contributed by atoms with Crippen LogP contribution in [0.15, 0.2) is 0 Å². The highest BCUT2D eigenvalue weighted by Gasteiger charge is 2.27. The first-order valence-electron chi connectivity index (χ1n) is 8.52. The monoisotopic (exact) mass is 329 g/mol. The number of carbonyl (C=O) groups excluding carboxylic acids is 1. The maximum absolute atomic E-state index is 12.0. The summed E-state index contributed by atoms with van der Waals surface area (Å²) in [6.07, 6.45) is -0.604. The van der Waals surface area contributed by atoms with Crippen LogP contribution in [0, 0.1) is 0 Å². The summed E-state index contributed by atoms with van der Waals surface area (Å²) < 4.78 is 10.7. The van der Waals surface area contributed by atoms with Crippen LogP contribution in [0.3, 0.4) is 0 Å². The molecule has 0 radical (unpaired) electrons. The number of ether oxygens (including phenoxy) is 2. The van der Waals surface area contributed by atoms with Gasteiger partial charge in [0.05, 0.1) is 19.3 Å². The molecule has 0 saturated carbocycles. The molecule has 0 aliphatic carbocycles. The second-order valence-corrected chi connectivity index (χ2v) is 7.33. The van der Waals surface area contributed by atoms with Gasteiger partial charge in [-0.2, -0.15) is 0 Å². The second-order valence-electron chi connectivity index (χ2n) is 7.33. The smallest absolute Gasteiger partial charge is 0.410 e. The van der Waals surface area contributed by atoms with E-state index in [2.05, 4.69) is 9.80 Å². The number of morpholine rings is 1. The Hall–Kier alpha value is -0.890. The van der Waals surface area contributed by atoms with Crippen LogP contribution in [-0.2, 0) is 9.47 Å². The van der Waals surface area contributed by atoms with Crippen molar-refractivity contribution in [3.8, 4) is 0 Å². The first-order chi connectivity index (χ1) is 10.8. The lowest BCUT2D eigenvalue weighted by Crippen LogP contribution is -2.52. The van der Waals surface area contributed by atoms with Crippen LogP contribution >= 0.6 is 0 Å². The number of piperazine rings is 1. The summed E-state index contributed by atoms with van der Waals surface area (Å²) in [6.45, 7) is 13.1. The molecule has 2 aliphatic heterocycles. The van der Waals surface area contributed by atoms with Crippen molar-refractivity contribution in [1.29, 1.82) is 0 Å². The van der Waals surface area contributed by atoms with E-state index in [1.165, 1.54) is 0 Å². The Balaban J connectivity index is 1.66. The maximum Gasteiger partial charge on any atom is 0.410 e. The van der Waals surface area contributed by atoms with Crippen molar-refractivity contribution >= 4 is 6.09 Å². The molecule has 0 aromatic carbocycles. The predicted octanol–water partition coefficient (Wildman–Crippen LogP) is 0.232. The van der Waals surface area contributed by atoms with Crippen LogP contribution < -0.4 is 0 Å². The summed E-state index contributed by atoms with van der Waals surface area (Å²) in [6, 6.07) is 0. The summed E-state index contributed by atoms with van der Waals surface area (Å²) >= 11 is 0. The van der Waals surface area contributed by atoms with Crippen LogP contribution in [0.5, 0.6) is 0 Å². The molecule has 2 aliphatic rings. The number of rotatable bonds is 4. The van der Waals surface area contributed by atoms with Crippen molar-refractivity contribution in [3.63, 3.8) is 0 Å². The Morgan fingerprint density at radius 3 is 2.09 bits per heavy atom. The van der Waals surface area contributed by atoms with E-state index in [-0.39, 0.29) is 12.2 Å². The van der Waals surface area contributed by atoms with Gasteiger partial charge in [0.25, 0.3) is 0 Å². The zero-order valence-electron chi connectivity index (χ0n) is 14.7. The van der Waals surface area contributed by atoms with E-state index >= 15 is 0 Å². The molecule has 2 saturated heterocycles. The van der Waals surface area contributed by atoms with Gasteiger partial charge in [0.1, 0.15) is 5.60 Å². The number of aliphatic hydroxyl groups is 1. The van der Waals surface area contributed by atoms with Crippen molar-refractivity contribution in [1.82, 2.24) is 14.7 Å². The lowest BCUT2D eigenvalue weighted by molar-refractivity contribution is -0.00380. The normalized spacial score (nSPS) is 22.9. The molecule has 2 heterocycles. The summed E-state index contributed by atoms with van der Waals surface area (Å²) in [5.74, 6) is 0. The Bertz CT molecular complexity index is 372. The van der Waals surface area contributed by atoms with E-state index in [9.17, 15) is 9.90 Å². The molecular weight excluding hydrogens is 298 g/mol. The summed E-state index contributed by atoms with van der Waals surface area (Å²) in [5.41, 5.74) is -0.456. The van der Waals surface area contributed by atoms with E-state index in [0.29, 0.717) is 26.2 Å². The highest BCUT2D eigenvalue weighted by molar-refractivity contribution is 5.68.